The first-order valence-electron chi connectivity index (χ1n) is 3.57. The van der Waals surface area contributed by atoms with Crippen LogP contribution in [0, 0.1) is 0 Å². The lowest BCUT2D eigenvalue weighted by Gasteiger charge is -2.06. The molecule has 1 unspecified atom stereocenters. The second-order valence-electron chi connectivity index (χ2n) is 2.23. The van der Waals surface area contributed by atoms with Gasteiger partial charge in [-0.25, -0.2) is 0 Å². The maximum absolute atomic E-state index is 2.22. The van der Waals surface area contributed by atoms with E-state index in [-0.39, 0.29) is 0 Å². The molecule has 0 aliphatic carbocycles. The molecule has 60 valence electrons. The third-order valence-electron chi connectivity index (χ3n) is 1.38. The van der Waals surface area contributed by atoms with Crippen molar-refractivity contribution in [3.05, 3.63) is 30.3 Å². The number of benzene rings is 1. The molecule has 1 rings (SSSR count). The Morgan fingerprint density at radius 3 is 2.36 bits per heavy atom. The zero-order valence-corrected chi connectivity index (χ0v) is 8.41. The van der Waals surface area contributed by atoms with Crippen LogP contribution in [0.4, 0.5) is 0 Å². The van der Waals surface area contributed by atoms with Gasteiger partial charge in [0.05, 0.1) is 4.58 Å². The molecule has 1 aromatic carbocycles. The maximum Gasteiger partial charge on any atom is 0.0518 e. The summed E-state index contributed by atoms with van der Waals surface area (Å²) in [5.74, 6) is 0. The molecular formula is C9H12S2. The van der Waals surface area contributed by atoms with Crippen LogP contribution in [0.15, 0.2) is 35.2 Å². The molecule has 2 heteroatoms. The van der Waals surface area contributed by atoms with E-state index in [1.165, 1.54) is 4.90 Å². The SMILES string of the molecule is CSC(C)Sc1ccccc1. The highest BCUT2D eigenvalue weighted by Crippen LogP contribution is 2.28. The smallest absolute Gasteiger partial charge is 0.0518 e. The summed E-state index contributed by atoms with van der Waals surface area (Å²) in [5, 5.41) is 0. The predicted molar refractivity (Wildman–Crippen MR) is 55.3 cm³/mol. The zero-order valence-electron chi connectivity index (χ0n) is 6.78. The lowest BCUT2D eigenvalue weighted by Crippen LogP contribution is -1.85. The topological polar surface area (TPSA) is 0 Å². The molecule has 0 heterocycles. The summed E-state index contributed by atoms with van der Waals surface area (Å²) in [6.45, 7) is 2.22. The van der Waals surface area contributed by atoms with Gasteiger partial charge in [0.25, 0.3) is 0 Å². The molecule has 0 amide bonds. The van der Waals surface area contributed by atoms with Gasteiger partial charge in [0, 0.05) is 4.90 Å². The normalized spacial score (nSPS) is 12.9. The summed E-state index contributed by atoms with van der Waals surface area (Å²) < 4.78 is 0.650. The summed E-state index contributed by atoms with van der Waals surface area (Å²) in [4.78, 5) is 1.36. The second-order valence-corrected chi connectivity index (χ2v) is 5.13. The van der Waals surface area contributed by atoms with Gasteiger partial charge in [-0.3, -0.25) is 0 Å². The Kier molecular flexibility index (Phi) is 3.87. The van der Waals surface area contributed by atoms with E-state index in [0.29, 0.717) is 4.58 Å². The highest BCUT2D eigenvalue weighted by Gasteiger charge is 1.99. The highest BCUT2D eigenvalue weighted by molar-refractivity contribution is 8.16. The van der Waals surface area contributed by atoms with Crippen molar-refractivity contribution >= 4 is 23.5 Å². The zero-order chi connectivity index (χ0) is 8.10. The Morgan fingerprint density at radius 2 is 1.82 bits per heavy atom. The fourth-order valence-corrected chi connectivity index (χ4v) is 2.15. The van der Waals surface area contributed by atoms with Gasteiger partial charge in [-0.15, -0.1) is 11.8 Å². The number of hydrogen-bond donors (Lipinski definition) is 0. The van der Waals surface area contributed by atoms with Crippen molar-refractivity contribution in [2.75, 3.05) is 6.26 Å². The Morgan fingerprint density at radius 1 is 1.18 bits per heavy atom. The fourth-order valence-electron chi connectivity index (χ4n) is 0.739. The van der Waals surface area contributed by atoms with Crippen LogP contribution < -0.4 is 0 Å². The molecule has 0 saturated carbocycles. The molecule has 0 aliphatic heterocycles. The van der Waals surface area contributed by atoms with Crippen LogP contribution in [-0.4, -0.2) is 10.8 Å². The minimum absolute atomic E-state index is 0.650. The van der Waals surface area contributed by atoms with Crippen molar-refractivity contribution in [3.63, 3.8) is 0 Å². The van der Waals surface area contributed by atoms with Gasteiger partial charge in [0.15, 0.2) is 0 Å². The van der Waals surface area contributed by atoms with Crippen molar-refractivity contribution in [2.45, 2.75) is 16.4 Å². The molecule has 0 bridgehead atoms. The van der Waals surface area contributed by atoms with Crippen LogP contribution in [-0.2, 0) is 0 Å². The van der Waals surface area contributed by atoms with E-state index in [4.69, 9.17) is 0 Å². The van der Waals surface area contributed by atoms with Crippen LogP contribution in [0.25, 0.3) is 0 Å². The minimum Gasteiger partial charge on any atom is -0.151 e. The van der Waals surface area contributed by atoms with Gasteiger partial charge >= 0.3 is 0 Å². The Balaban J connectivity index is 2.51. The number of rotatable bonds is 3. The van der Waals surface area contributed by atoms with E-state index >= 15 is 0 Å². The molecule has 0 saturated heterocycles. The van der Waals surface area contributed by atoms with Crippen LogP contribution in [0.2, 0.25) is 0 Å². The monoisotopic (exact) mass is 184 g/mol. The highest BCUT2D eigenvalue weighted by atomic mass is 32.2. The van der Waals surface area contributed by atoms with E-state index < -0.39 is 0 Å². The molecule has 0 radical (unpaired) electrons. The van der Waals surface area contributed by atoms with E-state index in [2.05, 4.69) is 37.4 Å². The van der Waals surface area contributed by atoms with Gasteiger partial charge in [-0.05, 0) is 25.3 Å². The Bertz CT molecular complexity index is 196. The van der Waals surface area contributed by atoms with Gasteiger partial charge < -0.3 is 0 Å². The second kappa shape index (κ2) is 4.73. The first kappa shape index (κ1) is 9.01. The van der Waals surface area contributed by atoms with Gasteiger partial charge in [0.2, 0.25) is 0 Å². The Labute approximate surface area is 76.8 Å². The molecule has 0 N–H and O–H groups in total. The largest absolute Gasteiger partial charge is 0.151 e. The third kappa shape index (κ3) is 3.21. The molecular weight excluding hydrogens is 172 g/mol. The lowest BCUT2D eigenvalue weighted by molar-refractivity contribution is 1.38. The third-order valence-corrected chi connectivity index (χ3v) is 3.78. The molecule has 0 nitrogen and oxygen atoms in total. The molecule has 0 spiro atoms. The summed E-state index contributed by atoms with van der Waals surface area (Å²) in [7, 11) is 0. The fraction of sp³-hybridized carbons (Fsp3) is 0.333. The van der Waals surface area contributed by atoms with Crippen LogP contribution >= 0.6 is 23.5 Å². The van der Waals surface area contributed by atoms with E-state index in [1.54, 1.807) is 0 Å². The van der Waals surface area contributed by atoms with Gasteiger partial charge in [0.1, 0.15) is 0 Å². The van der Waals surface area contributed by atoms with Crippen molar-refractivity contribution in [3.8, 4) is 0 Å². The average molecular weight is 184 g/mol. The first-order valence-corrected chi connectivity index (χ1v) is 5.74. The number of hydrogen-bond acceptors (Lipinski definition) is 2. The van der Waals surface area contributed by atoms with E-state index in [9.17, 15) is 0 Å². The summed E-state index contributed by atoms with van der Waals surface area (Å²) in [6, 6.07) is 10.5. The van der Waals surface area contributed by atoms with Gasteiger partial charge in [-0.2, -0.15) is 11.8 Å². The molecule has 0 aromatic heterocycles. The molecule has 1 aromatic rings. The van der Waals surface area contributed by atoms with E-state index in [0.717, 1.165) is 0 Å². The van der Waals surface area contributed by atoms with Crippen LogP contribution in [0.1, 0.15) is 6.92 Å². The predicted octanol–water partition coefficient (Wildman–Crippen LogP) is 3.49. The van der Waals surface area contributed by atoms with Crippen molar-refractivity contribution < 1.29 is 0 Å². The maximum atomic E-state index is 2.22. The number of thioether (sulfide) groups is 2. The van der Waals surface area contributed by atoms with Crippen molar-refractivity contribution in [1.82, 2.24) is 0 Å². The summed E-state index contributed by atoms with van der Waals surface area (Å²) >= 11 is 3.79. The Hall–Kier alpha value is -0.0800. The van der Waals surface area contributed by atoms with Gasteiger partial charge in [-0.1, -0.05) is 18.2 Å². The first-order chi connectivity index (χ1) is 5.33. The van der Waals surface area contributed by atoms with Crippen molar-refractivity contribution in [1.29, 1.82) is 0 Å². The van der Waals surface area contributed by atoms with Crippen LogP contribution in [0.3, 0.4) is 0 Å². The minimum atomic E-state index is 0.650. The standard InChI is InChI=1S/C9H12S2/c1-8(10-2)11-9-6-4-3-5-7-9/h3-8H,1-2H3. The van der Waals surface area contributed by atoms with E-state index in [1.807, 2.05) is 29.6 Å². The van der Waals surface area contributed by atoms with Crippen LogP contribution in [0.5, 0.6) is 0 Å². The molecule has 1 atom stereocenters. The lowest BCUT2D eigenvalue weighted by atomic mass is 10.4. The molecule has 0 aliphatic rings. The van der Waals surface area contributed by atoms with Crippen molar-refractivity contribution in [2.24, 2.45) is 0 Å². The quantitative estimate of drug-likeness (QED) is 0.521. The summed E-state index contributed by atoms with van der Waals surface area (Å²) in [5.41, 5.74) is 0. The average Bonchev–Trinajstić information content (AvgIpc) is 2.06. The molecule has 11 heavy (non-hydrogen) atoms. The molecule has 0 fully saturated rings. The summed E-state index contributed by atoms with van der Waals surface area (Å²) in [6.07, 6.45) is 2.14.